The molecule has 5 nitrogen and oxygen atoms in total. The molecule has 0 aromatic carbocycles. The highest BCUT2D eigenvalue weighted by molar-refractivity contribution is 5.94. The Morgan fingerprint density at radius 1 is 1.31 bits per heavy atom. The van der Waals surface area contributed by atoms with Gasteiger partial charge in [-0.15, -0.1) is 0 Å². The van der Waals surface area contributed by atoms with Crippen molar-refractivity contribution in [3.8, 4) is 0 Å². The molecule has 0 amide bonds. The Hall–Kier alpha value is -0.490. The molecule has 0 aromatic rings. The third-order valence-corrected chi connectivity index (χ3v) is 3.61. The van der Waals surface area contributed by atoms with Crippen molar-refractivity contribution in [2.75, 3.05) is 7.11 Å². The number of Topliss-reactive ketones (excluding diaryl/α,β-unsaturated/α-hetero) is 1. The third-order valence-electron chi connectivity index (χ3n) is 3.61. The molecule has 90 valence electrons. The summed E-state index contributed by atoms with van der Waals surface area (Å²) in [6.07, 6.45) is 0.129. The Morgan fingerprint density at radius 3 is 2.56 bits per heavy atom. The van der Waals surface area contributed by atoms with E-state index in [-0.39, 0.29) is 18.0 Å². The second-order valence-corrected chi connectivity index (χ2v) is 5.06. The zero-order valence-corrected chi connectivity index (χ0v) is 9.69. The van der Waals surface area contributed by atoms with Gasteiger partial charge in [0.2, 0.25) is 0 Å². The fraction of sp³-hybridized carbons (Fsp3) is 0.909. The summed E-state index contributed by atoms with van der Waals surface area (Å²) in [5.41, 5.74) is -0.806. The Morgan fingerprint density at radius 2 is 2.06 bits per heavy atom. The van der Waals surface area contributed by atoms with E-state index >= 15 is 0 Å². The van der Waals surface area contributed by atoms with Crippen LogP contribution in [0.5, 0.6) is 0 Å². The number of fused-ring (bicyclic) bond motifs is 2. The van der Waals surface area contributed by atoms with Gasteiger partial charge in [-0.2, -0.15) is 0 Å². The lowest BCUT2D eigenvalue weighted by Gasteiger charge is -2.39. The number of ether oxygens (including phenoxy) is 4. The van der Waals surface area contributed by atoms with Gasteiger partial charge in [-0.25, -0.2) is 0 Å². The lowest BCUT2D eigenvalue weighted by molar-refractivity contribution is -0.254. The monoisotopic (exact) mass is 228 g/mol. The number of methoxy groups -OCH3 is 1. The predicted octanol–water partition coefficient (Wildman–Crippen LogP) is 0.611. The highest BCUT2D eigenvalue weighted by atomic mass is 16.8. The molecule has 2 aliphatic heterocycles. The molecule has 1 unspecified atom stereocenters. The molecule has 5 heteroatoms. The summed E-state index contributed by atoms with van der Waals surface area (Å²) in [4.78, 5) is 11.8. The van der Waals surface area contributed by atoms with Crippen LogP contribution in [0, 0.1) is 0 Å². The number of hydrogen-bond acceptors (Lipinski definition) is 5. The SMILES string of the molecule is CO[C@@H]1O[C@@]2(CCC2=O)[C@@H]2OC(C)(C)OC12. The molecule has 0 N–H and O–H groups in total. The van der Waals surface area contributed by atoms with Gasteiger partial charge in [-0.05, 0) is 20.3 Å². The van der Waals surface area contributed by atoms with E-state index in [9.17, 15) is 4.79 Å². The molecule has 3 aliphatic rings. The Kier molecular flexibility index (Phi) is 2.02. The average Bonchev–Trinajstić information content (AvgIpc) is 2.68. The summed E-state index contributed by atoms with van der Waals surface area (Å²) in [5, 5.41) is 0. The Bertz CT molecular complexity index is 339. The predicted molar refractivity (Wildman–Crippen MR) is 52.7 cm³/mol. The van der Waals surface area contributed by atoms with Gasteiger partial charge in [-0.3, -0.25) is 4.79 Å². The van der Waals surface area contributed by atoms with Crippen molar-refractivity contribution in [1.29, 1.82) is 0 Å². The second-order valence-electron chi connectivity index (χ2n) is 5.06. The topological polar surface area (TPSA) is 54.0 Å². The van der Waals surface area contributed by atoms with Gasteiger partial charge >= 0.3 is 0 Å². The highest BCUT2D eigenvalue weighted by Crippen LogP contribution is 2.51. The molecular formula is C11H16O5. The molecule has 3 rings (SSSR count). The van der Waals surface area contributed by atoms with E-state index in [1.165, 1.54) is 0 Å². The second kappa shape index (κ2) is 3.04. The first-order valence-electron chi connectivity index (χ1n) is 5.58. The van der Waals surface area contributed by atoms with E-state index in [0.717, 1.165) is 0 Å². The third kappa shape index (κ3) is 1.17. The van der Waals surface area contributed by atoms with Crippen LogP contribution in [-0.2, 0) is 23.7 Å². The zero-order chi connectivity index (χ0) is 11.6. The van der Waals surface area contributed by atoms with Crippen LogP contribution in [-0.4, -0.2) is 42.8 Å². The number of carbonyl (C=O) groups is 1. The van der Waals surface area contributed by atoms with Crippen LogP contribution in [0.15, 0.2) is 0 Å². The largest absolute Gasteiger partial charge is 0.353 e. The van der Waals surface area contributed by atoms with E-state index < -0.39 is 17.7 Å². The molecule has 3 fully saturated rings. The van der Waals surface area contributed by atoms with Gasteiger partial charge in [-0.1, -0.05) is 0 Å². The van der Waals surface area contributed by atoms with Crippen molar-refractivity contribution >= 4 is 5.78 Å². The molecule has 1 spiro atoms. The van der Waals surface area contributed by atoms with E-state index in [4.69, 9.17) is 18.9 Å². The van der Waals surface area contributed by atoms with Crippen molar-refractivity contribution in [3.05, 3.63) is 0 Å². The van der Waals surface area contributed by atoms with Crippen molar-refractivity contribution in [1.82, 2.24) is 0 Å². The maximum Gasteiger partial charge on any atom is 0.187 e. The molecule has 2 saturated heterocycles. The van der Waals surface area contributed by atoms with E-state index in [2.05, 4.69) is 0 Å². The van der Waals surface area contributed by atoms with Gasteiger partial charge in [0.1, 0.15) is 12.2 Å². The molecule has 2 heterocycles. The molecule has 4 atom stereocenters. The zero-order valence-electron chi connectivity index (χ0n) is 9.69. The van der Waals surface area contributed by atoms with Gasteiger partial charge in [0.15, 0.2) is 23.5 Å². The van der Waals surface area contributed by atoms with Gasteiger partial charge in [0.05, 0.1) is 0 Å². The Labute approximate surface area is 94.0 Å². The van der Waals surface area contributed by atoms with Crippen LogP contribution in [0.2, 0.25) is 0 Å². The van der Waals surface area contributed by atoms with E-state index in [1.54, 1.807) is 7.11 Å². The fourth-order valence-corrected chi connectivity index (χ4v) is 2.77. The van der Waals surface area contributed by atoms with Crippen LogP contribution >= 0.6 is 0 Å². The van der Waals surface area contributed by atoms with Crippen LogP contribution in [0.25, 0.3) is 0 Å². The smallest absolute Gasteiger partial charge is 0.187 e. The first kappa shape index (κ1) is 10.7. The summed E-state index contributed by atoms with van der Waals surface area (Å²) in [6.45, 7) is 3.68. The molecule has 16 heavy (non-hydrogen) atoms. The van der Waals surface area contributed by atoms with Crippen molar-refractivity contribution < 1.29 is 23.7 Å². The minimum atomic E-state index is -0.806. The maximum absolute atomic E-state index is 11.8. The van der Waals surface area contributed by atoms with Crippen LogP contribution in [0.1, 0.15) is 26.7 Å². The van der Waals surface area contributed by atoms with Crippen molar-refractivity contribution in [2.24, 2.45) is 0 Å². The molecule has 1 aliphatic carbocycles. The van der Waals surface area contributed by atoms with Gasteiger partial charge in [0, 0.05) is 13.5 Å². The van der Waals surface area contributed by atoms with Gasteiger partial charge < -0.3 is 18.9 Å². The molecule has 1 saturated carbocycles. The van der Waals surface area contributed by atoms with Crippen LogP contribution in [0.4, 0.5) is 0 Å². The molecule has 0 bridgehead atoms. The van der Waals surface area contributed by atoms with E-state index in [1.807, 2.05) is 13.8 Å². The van der Waals surface area contributed by atoms with Gasteiger partial charge in [0.25, 0.3) is 0 Å². The fourth-order valence-electron chi connectivity index (χ4n) is 2.77. The standard InChI is InChI=1S/C11H16O5/c1-10(2)14-7-8(15-10)11(5-4-6(11)12)16-9(7)13-3/h7-9H,4-5H2,1-3H3/t7?,8-,9-,11-/m1/s1. The lowest BCUT2D eigenvalue weighted by atomic mass is 9.74. The number of ketones is 1. The number of carbonyl (C=O) groups excluding carboxylic acids is 1. The maximum atomic E-state index is 11.8. The number of hydrogen-bond donors (Lipinski definition) is 0. The summed E-state index contributed by atoms with van der Waals surface area (Å²) in [7, 11) is 1.55. The average molecular weight is 228 g/mol. The van der Waals surface area contributed by atoms with Crippen LogP contribution < -0.4 is 0 Å². The first-order chi connectivity index (χ1) is 7.48. The van der Waals surface area contributed by atoms with Crippen LogP contribution in [0.3, 0.4) is 0 Å². The lowest BCUT2D eigenvalue weighted by Crippen LogP contribution is -2.56. The number of rotatable bonds is 1. The normalized spacial score (nSPS) is 49.4. The molecule has 0 radical (unpaired) electrons. The van der Waals surface area contributed by atoms with Crippen molar-refractivity contribution in [3.63, 3.8) is 0 Å². The minimum Gasteiger partial charge on any atom is -0.353 e. The summed E-state index contributed by atoms with van der Waals surface area (Å²) < 4.78 is 22.4. The molecule has 0 aromatic heterocycles. The van der Waals surface area contributed by atoms with Crippen molar-refractivity contribution in [2.45, 2.75) is 56.6 Å². The highest BCUT2D eigenvalue weighted by Gasteiger charge is 2.69. The first-order valence-corrected chi connectivity index (χ1v) is 5.58. The summed E-state index contributed by atoms with van der Waals surface area (Å²) in [6, 6.07) is 0. The molecular weight excluding hydrogens is 212 g/mol. The summed E-state index contributed by atoms with van der Waals surface area (Å²) in [5.74, 6) is -0.568. The minimum absolute atomic E-state index is 0.100. The van der Waals surface area contributed by atoms with E-state index in [0.29, 0.717) is 12.8 Å². The Balaban J connectivity index is 1.92. The quantitative estimate of drug-likeness (QED) is 0.658. The summed E-state index contributed by atoms with van der Waals surface area (Å²) >= 11 is 0.